The van der Waals surface area contributed by atoms with Crippen LogP contribution in [-0.4, -0.2) is 53.8 Å². The molecule has 1 aromatic carbocycles. The standard InChI is InChI=1S/C15H18BrNO5/c1-9-6-17(7-10(2)22-9)14(19)8-21-15(20)12-5-11(16)3-4-13(12)18/h3-5,9-10,18H,6-8H2,1-2H3/t9-,10-/m0/s1. The number of hydrogen-bond donors (Lipinski definition) is 1. The van der Waals surface area contributed by atoms with E-state index in [-0.39, 0.29) is 36.0 Å². The molecule has 1 heterocycles. The number of phenolic OH excluding ortho intramolecular Hbond substituents is 1. The van der Waals surface area contributed by atoms with E-state index in [2.05, 4.69) is 15.9 Å². The molecule has 1 saturated heterocycles. The maximum Gasteiger partial charge on any atom is 0.342 e. The smallest absolute Gasteiger partial charge is 0.342 e. The van der Waals surface area contributed by atoms with Crippen LogP contribution in [0.1, 0.15) is 24.2 Å². The number of halogens is 1. The van der Waals surface area contributed by atoms with Gasteiger partial charge in [0.15, 0.2) is 6.61 Å². The van der Waals surface area contributed by atoms with Gasteiger partial charge in [-0.2, -0.15) is 0 Å². The fraction of sp³-hybridized carbons (Fsp3) is 0.467. The topological polar surface area (TPSA) is 76.1 Å². The zero-order chi connectivity index (χ0) is 16.3. The van der Waals surface area contributed by atoms with Crippen molar-refractivity contribution in [3.8, 4) is 5.75 Å². The van der Waals surface area contributed by atoms with Gasteiger partial charge in [-0.1, -0.05) is 15.9 Å². The number of rotatable bonds is 3. The second-order valence-corrected chi connectivity index (χ2v) is 6.21. The molecular weight excluding hydrogens is 354 g/mol. The molecule has 1 aromatic rings. The number of carbonyl (C=O) groups excluding carboxylic acids is 2. The van der Waals surface area contributed by atoms with E-state index in [1.165, 1.54) is 12.1 Å². The molecule has 2 atom stereocenters. The van der Waals surface area contributed by atoms with Crippen molar-refractivity contribution in [2.24, 2.45) is 0 Å². The van der Waals surface area contributed by atoms with Crippen molar-refractivity contribution >= 4 is 27.8 Å². The van der Waals surface area contributed by atoms with Crippen LogP contribution in [0.4, 0.5) is 0 Å². The van der Waals surface area contributed by atoms with Crippen LogP contribution in [0.15, 0.2) is 22.7 Å². The highest BCUT2D eigenvalue weighted by atomic mass is 79.9. The highest BCUT2D eigenvalue weighted by Gasteiger charge is 2.26. The fourth-order valence-electron chi connectivity index (χ4n) is 2.35. The molecule has 1 amide bonds. The van der Waals surface area contributed by atoms with Crippen molar-refractivity contribution in [3.63, 3.8) is 0 Å². The number of ether oxygens (including phenoxy) is 2. The average molecular weight is 372 g/mol. The number of phenols is 1. The van der Waals surface area contributed by atoms with E-state index in [4.69, 9.17) is 9.47 Å². The first kappa shape index (κ1) is 16.8. The highest BCUT2D eigenvalue weighted by molar-refractivity contribution is 9.10. The number of amides is 1. The molecule has 0 saturated carbocycles. The predicted molar refractivity (Wildman–Crippen MR) is 82.7 cm³/mol. The Morgan fingerprint density at radius 3 is 2.64 bits per heavy atom. The fourth-order valence-corrected chi connectivity index (χ4v) is 2.71. The van der Waals surface area contributed by atoms with Gasteiger partial charge in [0.2, 0.25) is 0 Å². The van der Waals surface area contributed by atoms with E-state index in [1.54, 1.807) is 11.0 Å². The molecule has 1 aliphatic heterocycles. The maximum atomic E-state index is 12.1. The summed E-state index contributed by atoms with van der Waals surface area (Å²) < 4.78 is 11.2. The molecule has 0 unspecified atom stereocenters. The largest absolute Gasteiger partial charge is 0.507 e. The highest BCUT2D eigenvalue weighted by Crippen LogP contribution is 2.22. The van der Waals surface area contributed by atoms with Gasteiger partial charge in [0.1, 0.15) is 11.3 Å². The van der Waals surface area contributed by atoms with Crippen molar-refractivity contribution in [1.82, 2.24) is 4.90 Å². The average Bonchev–Trinajstić information content (AvgIpc) is 2.45. The van der Waals surface area contributed by atoms with Crippen LogP contribution >= 0.6 is 15.9 Å². The van der Waals surface area contributed by atoms with E-state index >= 15 is 0 Å². The zero-order valence-corrected chi connectivity index (χ0v) is 14.0. The van der Waals surface area contributed by atoms with Crippen molar-refractivity contribution in [3.05, 3.63) is 28.2 Å². The number of aromatic hydroxyl groups is 1. The lowest BCUT2D eigenvalue weighted by Crippen LogP contribution is -2.49. The molecule has 0 radical (unpaired) electrons. The summed E-state index contributed by atoms with van der Waals surface area (Å²) in [6.45, 7) is 4.37. The Morgan fingerprint density at radius 2 is 2.00 bits per heavy atom. The number of esters is 1. The van der Waals surface area contributed by atoms with Gasteiger partial charge in [-0.25, -0.2) is 4.79 Å². The van der Waals surface area contributed by atoms with E-state index < -0.39 is 5.97 Å². The van der Waals surface area contributed by atoms with Crippen LogP contribution in [-0.2, 0) is 14.3 Å². The quantitative estimate of drug-likeness (QED) is 0.821. The van der Waals surface area contributed by atoms with Crippen LogP contribution in [0.25, 0.3) is 0 Å². The van der Waals surface area contributed by atoms with Gasteiger partial charge in [-0.3, -0.25) is 4.79 Å². The first-order chi connectivity index (χ1) is 10.4. The molecule has 1 N–H and O–H groups in total. The lowest BCUT2D eigenvalue weighted by Gasteiger charge is -2.35. The monoisotopic (exact) mass is 371 g/mol. The Labute approximate surface area is 137 Å². The second-order valence-electron chi connectivity index (χ2n) is 5.29. The Bertz CT molecular complexity index is 567. The minimum Gasteiger partial charge on any atom is -0.507 e. The summed E-state index contributed by atoms with van der Waals surface area (Å²) in [5.74, 6) is -1.19. The molecule has 0 spiro atoms. The van der Waals surface area contributed by atoms with Crippen LogP contribution in [0.2, 0.25) is 0 Å². The number of carbonyl (C=O) groups is 2. The van der Waals surface area contributed by atoms with Gasteiger partial charge in [-0.15, -0.1) is 0 Å². The summed E-state index contributed by atoms with van der Waals surface area (Å²) in [6, 6.07) is 4.43. The normalized spacial score (nSPS) is 21.5. The maximum absolute atomic E-state index is 12.1. The number of hydrogen-bond acceptors (Lipinski definition) is 5. The van der Waals surface area contributed by atoms with Crippen molar-refractivity contribution in [2.75, 3.05) is 19.7 Å². The van der Waals surface area contributed by atoms with Crippen LogP contribution in [0.5, 0.6) is 5.75 Å². The lowest BCUT2D eigenvalue weighted by atomic mass is 10.2. The van der Waals surface area contributed by atoms with Crippen LogP contribution in [0.3, 0.4) is 0 Å². The first-order valence-corrected chi connectivity index (χ1v) is 7.75. The van der Waals surface area contributed by atoms with Crippen LogP contribution < -0.4 is 0 Å². The second kappa shape index (κ2) is 7.11. The van der Waals surface area contributed by atoms with Gasteiger partial charge >= 0.3 is 5.97 Å². The summed E-state index contributed by atoms with van der Waals surface area (Å²) in [5, 5.41) is 9.66. The molecule has 120 valence electrons. The minimum atomic E-state index is -0.735. The molecule has 2 rings (SSSR count). The molecule has 6 nitrogen and oxygen atoms in total. The Morgan fingerprint density at radius 1 is 1.36 bits per heavy atom. The molecule has 22 heavy (non-hydrogen) atoms. The van der Waals surface area contributed by atoms with Gasteiger partial charge in [0.05, 0.1) is 12.2 Å². The third-order valence-electron chi connectivity index (χ3n) is 3.28. The summed E-state index contributed by atoms with van der Waals surface area (Å²) in [6.07, 6.45) is -0.0879. The number of benzene rings is 1. The molecular formula is C15H18BrNO5. The lowest BCUT2D eigenvalue weighted by molar-refractivity contribution is -0.146. The summed E-state index contributed by atoms with van der Waals surface area (Å²) >= 11 is 3.21. The number of morpholine rings is 1. The Hall–Kier alpha value is -1.60. The third kappa shape index (κ3) is 4.20. The summed E-state index contributed by atoms with van der Waals surface area (Å²) in [5.41, 5.74) is 0.0193. The van der Waals surface area contributed by atoms with Gasteiger partial charge in [0.25, 0.3) is 5.91 Å². The molecule has 0 bridgehead atoms. The SMILES string of the molecule is C[C@H]1CN(C(=O)COC(=O)c2cc(Br)ccc2O)C[C@H](C)O1. The molecule has 1 aliphatic rings. The Kier molecular flexibility index (Phi) is 5.42. The Balaban J connectivity index is 1.93. The van der Waals surface area contributed by atoms with Crippen LogP contribution in [0, 0.1) is 0 Å². The summed E-state index contributed by atoms with van der Waals surface area (Å²) in [4.78, 5) is 25.7. The molecule has 0 aromatic heterocycles. The molecule has 7 heteroatoms. The molecule has 0 aliphatic carbocycles. The minimum absolute atomic E-state index is 0.0193. The van der Waals surface area contributed by atoms with Crippen molar-refractivity contribution < 1.29 is 24.2 Å². The first-order valence-electron chi connectivity index (χ1n) is 6.95. The summed E-state index contributed by atoms with van der Waals surface area (Å²) in [7, 11) is 0. The van der Waals surface area contributed by atoms with Crippen molar-refractivity contribution in [1.29, 1.82) is 0 Å². The molecule has 1 fully saturated rings. The zero-order valence-electron chi connectivity index (χ0n) is 12.4. The van der Waals surface area contributed by atoms with Gasteiger partial charge < -0.3 is 19.5 Å². The van der Waals surface area contributed by atoms with Crippen molar-refractivity contribution in [2.45, 2.75) is 26.1 Å². The number of nitrogens with zero attached hydrogens (tertiary/aromatic N) is 1. The van der Waals surface area contributed by atoms with E-state index in [1.807, 2.05) is 13.8 Å². The van der Waals surface area contributed by atoms with E-state index in [0.29, 0.717) is 17.6 Å². The van der Waals surface area contributed by atoms with Gasteiger partial charge in [-0.05, 0) is 32.0 Å². The predicted octanol–water partition coefficient (Wildman–Crippen LogP) is 1.95. The van der Waals surface area contributed by atoms with Gasteiger partial charge in [0, 0.05) is 17.6 Å². The van der Waals surface area contributed by atoms with E-state index in [0.717, 1.165) is 0 Å². The van der Waals surface area contributed by atoms with E-state index in [9.17, 15) is 14.7 Å². The third-order valence-corrected chi connectivity index (χ3v) is 3.77.